The Morgan fingerprint density at radius 3 is 2.64 bits per heavy atom. The molecule has 1 heterocycles. The molecule has 0 aliphatic rings. The van der Waals surface area contributed by atoms with Crippen molar-refractivity contribution in [3.63, 3.8) is 0 Å². The van der Waals surface area contributed by atoms with Crippen molar-refractivity contribution in [2.24, 2.45) is 0 Å². The van der Waals surface area contributed by atoms with Crippen molar-refractivity contribution in [3.05, 3.63) is 48.4 Å². The molecule has 25 heavy (non-hydrogen) atoms. The molecule has 1 atom stereocenters. The highest BCUT2D eigenvalue weighted by atomic mass is 16.5. The van der Waals surface area contributed by atoms with Gasteiger partial charge in [-0.15, -0.1) is 0 Å². The van der Waals surface area contributed by atoms with Crippen LogP contribution in [0.1, 0.15) is 18.7 Å². The number of ether oxygens (including phenoxy) is 1. The molecule has 0 aliphatic carbocycles. The zero-order valence-electron chi connectivity index (χ0n) is 14.6. The second-order valence-corrected chi connectivity index (χ2v) is 5.76. The van der Waals surface area contributed by atoms with Gasteiger partial charge in [-0.25, -0.2) is 0 Å². The lowest BCUT2D eigenvalue weighted by Crippen LogP contribution is -2.39. The van der Waals surface area contributed by atoms with Crippen LogP contribution in [0.2, 0.25) is 0 Å². The van der Waals surface area contributed by atoms with Crippen LogP contribution in [-0.4, -0.2) is 44.0 Å². The average molecular weight is 345 g/mol. The Kier molecular flexibility index (Phi) is 6.59. The summed E-state index contributed by atoms with van der Waals surface area (Å²) < 4.78 is 10.4. The van der Waals surface area contributed by atoms with E-state index in [0.29, 0.717) is 17.2 Å². The van der Waals surface area contributed by atoms with Crippen LogP contribution in [0.3, 0.4) is 0 Å². The molecule has 0 unspecified atom stereocenters. The van der Waals surface area contributed by atoms with E-state index < -0.39 is 0 Å². The molecule has 2 rings (SSSR count). The summed E-state index contributed by atoms with van der Waals surface area (Å²) >= 11 is 0. The van der Waals surface area contributed by atoms with E-state index >= 15 is 0 Å². The van der Waals surface area contributed by atoms with Crippen molar-refractivity contribution in [2.45, 2.75) is 13.0 Å². The van der Waals surface area contributed by atoms with Gasteiger partial charge < -0.3 is 19.8 Å². The van der Waals surface area contributed by atoms with Gasteiger partial charge in [0.1, 0.15) is 11.5 Å². The Morgan fingerprint density at radius 2 is 1.96 bits per heavy atom. The molecule has 2 amide bonds. The molecule has 0 radical (unpaired) electrons. The lowest BCUT2D eigenvalue weighted by molar-refractivity contribution is -0.123. The van der Waals surface area contributed by atoms with Gasteiger partial charge in [0.15, 0.2) is 0 Å². The second-order valence-electron chi connectivity index (χ2n) is 5.76. The standard InChI is InChI=1S/C18H23N3O4/c1-13(16-8-5-9-25-16)19-17(22)11-21(2)12-18(23)20-14-6-4-7-15(10-14)24-3/h4-10,13H,11-12H2,1-3H3,(H,19,22)(H,20,23)/t13-/m0/s1. The summed E-state index contributed by atoms with van der Waals surface area (Å²) in [5.41, 5.74) is 0.647. The van der Waals surface area contributed by atoms with Gasteiger partial charge in [-0.2, -0.15) is 0 Å². The van der Waals surface area contributed by atoms with Gasteiger partial charge in [-0.1, -0.05) is 6.07 Å². The first-order valence-electron chi connectivity index (χ1n) is 7.93. The zero-order chi connectivity index (χ0) is 18.2. The van der Waals surface area contributed by atoms with Crippen molar-refractivity contribution in [3.8, 4) is 5.75 Å². The molecule has 2 N–H and O–H groups in total. The van der Waals surface area contributed by atoms with Gasteiger partial charge in [0.05, 0.1) is 32.5 Å². The van der Waals surface area contributed by atoms with E-state index in [1.165, 1.54) is 0 Å². The fourth-order valence-electron chi connectivity index (χ4n) is 2.34. The number of nitrogens with one attached hydrogen (secondary N) is 2. The number of rotatable bonds is 8. The number of nitrogens with zero attached hydrogens (tertiary/aromatic N) is 1. The molecule has 134 valence electrons. The van der Waals surface area contributed by atoms with E-state index in [1.807, 2.05) is 6.92 Å². The monoisotopic (exact) mass is 345 g/mol. The summed E-state index contributed by atoms with van der Waals surface area (Å²) in [7, 11) is 3.28. The number of methoxy groups -OCH3 is 1. The Labute approximate surface area is 146 Å². The van der Waals surface area contributed by atoms with E-state index in [4.69, 9.17) is 9.15 Å². The van der Waals surface area contributed by atoms with E-state index in [-0.39, 0.29) is 30.9 Å². The molecule has 0 saturated heterocycles. The zero-order valence-corrected chi connectivity index (χ0v) is 14.6. The highest BCUT2D eigenvalue weighted by Gasteiger charge is 2.15. The van der Waals surface area contributed by atoms with Gasteiger partial charge >= 0.3 is 0 Å². The highest BCUT2D eigenvalue weighted by molar-refractivity contribution is 5.92. The number of furan rings is 1. The van der Waals surface area contributed by atoms with E-state index in [0.717, 1.165) is 0 Å². The molecule has 7 nitrogen and oxygen atoms in total. The molecule has 1 aromatic heterocycles. The van der Waals surface area contributed by atoms with Gasteiger partial charge in [-0.3, -0.25) is 14.5 Å². The second kappa shape index (κ2) is 8.89. The number of likely N-dealkylation sites (N-methyl/N-ethyl adjacent to an activating group) is 1. The van der Waals surface area contributed by atoms with Crippen LogP contribution in [0.4, 0.5) is 5.69 Å². The largest absolute Gasteiger partial charge is 0.497 e. The van der Waals surface area contributed by atoms with Crippen molar-refractivity contribution < 1.29 is 18.7 Å². The van der Waals surface area contributed by atoms with E-state index in [9.17, 15) is 9.59 Å². The van der Waals surface area contributed by atoms with Crippen LogP contribution >= 0.6 is 0 Å². The Bertz CT molecular complexity index is 700. The van der Waals surface area contributed by atoms with Gasteiger partial charge in [-0.05, 0) is 38.2 Å². The molecule has 1 aromatic carbocycles. The molecule has 0 aliphatic heterocycles. The predicted molar refractivity (Wildman–Crippen MR) is 94.4 cm³/mol. The lowest BCUT2D eigenvalue weighted by atomic mass is 10.2. The number of carbonyl (C=O) groups excluding carboxylic acids is 2. The summed E-state index contributed by atoms with van der Waals surface area (Å²) in [5.74, 6) is 0.965. The summed E-state index contributed by atoms with van der Waals surface area (Å²) in [6, 6.07) is 10.5. The van der Waals surface area contributed by atoms with E-state index in [1.54, 1.807) is 61.7 Å². The molecule has 0 bridgehead atoms. The van der Waals surface area contributed by atoms with E-state index in [2.05, 4.69) is 10.6 Å². The third-order valence-corrected chi connectivity index (χ3v) is 3.53. The Morgan fingerprint density at radius 1 is 1.20 bits per heavy atom. The third-order valence-electron chi connectivity index (χ3n) is 3.53. The number of carbonyl (C=O) groups is 2. The van der Waals surface area contributed by atoms with Crippen LogP contribution in [-0.2, 0) is 9.59 Å². The van der Waals surface area contributed by atoms with Gasteiger partial charge in [0.25, 0.3) is 0 Å². The normalized spacial score (nSPS) is 11.8. The first kappa shape index (κ1) is 18.5. The molecular weight excluding hydrogens is 322 g/mol. The number of hydrogen-bond acceptors (Lipinski definition) is 5. The topological polar surface area (TPSA) is 83.8 Å². The SMILES string of the molecule is COc1cccc(NC(=O)CN(C)CC(=O)N[C@@H](C)c2ccco2)c1. The average Bonchev–Trinajstić information content (AvgIpc) is 3.09. The Hall–Kier alpha value is -2.80. The first-order chi connectivity index (χ1) is 12.0. The minimum atomic E-state index is -0.221. The molecule has 7 heteroatoms. The minimum Gasteiger partial charge on any atom is -0.497 e. The van der Waals surface area contributed by atoms with Crippen LogP contribution < -0.4 is 15.4 Å². The van der Waals surface area contributed by atoms with Gasteiger partial charge in [0, 0.05) is 11.8 Å². The van der Waals surface area contributed by atoms with Crippen molar-refractivity contribution >= 4 is 17.5 Å². The fourth-order valence-corrected chi connectivity index (χ4v) is 2.34. The molecule has 0 saturated carbocycles. The molecule has 0 fully saturated rings. The van der Waals surface area contributed by atoms with Crippen molar-refractivity contribution in [1.82, 2.24) is 10.2 Å². The lowest BCUT2D eigenvalue weighted by Gasteiger charge is -2.18. The summed E-state index contributed by atoms with van der Waals surface area (Å²) in [6.45, 7) is 2.04. The van der Waals surface area contributed by atoms with Crippen LogP contribution in [0.25, 0.3) is 0 Å². The van der Waals surface area contributed by atoms with Crippen molar-refractivity contribution in [1.29, 1.82) is 0 Å². The fraction of sp³-hybridized carbons (Fsp3) is 0.333. The smallest absolute Gasteiger partial charge is 0.238 e. The van der Waals surface area contributed by atoms with Crippen LogP contribution in [0.5, 0.6) is 5.75 Å². The molecule has 2 aromatic rings. The Balaban J connectivity index is 1.77. The van der Waals surface area contributed by atoms with Crippen molar-refractivity contribution in [2.75, 3.05) is 32.6 Å². The molecule has 0 spiro atoms. The maximum absolute atomic E-state index is 12.1. The number of anilines is 1. The summed E-state index contributed by atoms with van der Waals surface area (Å²) in [4.78, 5) is 25.8. The van der Waals surface area contributed by atoms with Gasteiger partial charge in [0.2, 0.25) is 11.8 Å². The summed E-state index contributed by atoms with van der Waals surface area (Å²) in [5, 5.41) is 5.61. The number of hydrogen-bond donors (Lipinski definition) is 2. The third kappa shape index (κ3) is 5.96. The number of benzene rings is 1. The minimum absolute atomic E-state index is 0.0970. The molecular formula is C18H23N3O4. The van der Waals surface area contributed by atoms with Crippen LogP contribution in [0.15, 0.2) is 47.1 Å². The van der Waals surface area contributed by atoms with Crippen LogP contribution in [0, 0.1) is 0 Å². The summed E-state index contributed by atoms with van der Waals surface area (Å²) in [6.07, 6.45) is 1.56. The maximum atomic E-state index is 12.1. The maximum Gasteiger partial charge on any atom is 0.238 e. The quantitative estimate of drug-likeness (QED) is 0.765. The number of amides is 2. The highest BCUT2D eigenvalue weighted by Crippen LogP contribution is 2.16. The first-order valence-corrected chi connectivity index (χ1v) is 7.93. The predicted octanol–water partition coefficient (Wildman–Crippen LogP) is 2.04.